The third kappa shape index (κ3) is 7.36. The van der Waals surface area contributed by atoms with E-state index in [2.05, 4.69) is 0 Å². The number of hydrogen-bond acceptors (Lipinski definition) is 4. The van der Waals surface area contributed by atoms with Gasteiger partial charge >= 0.3 is 23.9 Å². The molecule has 0 aliphatic heterocycles. The Kier molecular flexibility index (Phi) is 9.08. The molecule has 7 heteroatoms. The molecule has 0 aliphatic rings. The molecular formula is C14H8Cl2O4Sn. The first-order chi connectivity index (χ1) is 9.40. The zero-order chi connectivity index (χ0) is 15.1. The molecule has 0 spiro atoms. The Bertz CT molecular complexity index is 576. The molecule has 0 amide bonds. The molecule has 0 bridgehead atoms. The van der Waals surface area contributed by atoms with Gasteiger partial charge in [-0.15, -0.1) is 0 Å². The van der Waals surface area contributed by atoms with Crippen LogP contribution in [-0.2, 0) is 0 Å². The maximum Gasteiger partial charge on any atom is 2.00 e. The SMILES string of the molecule is O=C([O-])c1cccc(Cl)c1.O=C([O-])c1cccc(Cl)c1.[Sn+2]. The minimum absolute atomic E-state index is 0. The summed E-state index contributed by atoms with van der Waals surface area (Å²) in [4.78, 5) is 20.4. The van der Waals surface area contributed by atoms with Gasteiger partial charge in [-0.05, 0) is 35.4 Å². The van der Waals surface area contributed by atoms with Gasteiger partial charge in [0, 0.05) is 10.0 Å². The van der Waals surface area contributed by atoms with Crippen molar-refractivity contribution < 1.29 is 19.8 Å². The van der Waals surface area contributed by atoms with Crippen molar-refractivity contribution in [2.45, 2.75) is 0 Å². The summed E-state index contributed by atoms with van der Waals surface area (Å²) >= 11 is 11.0. The Morgan fingerprint density at radius 1 is 0.762 bits per heavy atom. The fourth-order valence-electron chi connectivity index (χ4n) is 1.23. The van der Waals surface area contributed by atoms with E-state index >= 15 is 0 Å². The van der Waals surface area contributed by atoms with E-state index in [1.165, 1.54) is 24.3 Å². The van der Waals surface area contributed by atoms with Gasteiger partial charge in [0.05, 0.1) is 11.9 Å². The third-order valence-electron chi connectivity index (χ3n) is 2.12. The maximum atomic E-state index is 10.2. The Balaban J connectivity index is 0.000000364. The number of carboxylic acid groups (broad SMARTS) is 2. The van der Waals surface area contributed by atoms with Gasteiger partial charge < -0.3 is 19.8 Å². The summed E-state index contributed by atoms with van der Waals surface area (Å²) in [6, 6.07) is 11.9. The van der Waals surface area contributed by atoms with Crippen LogP contribution in [-0.4, -0.2) is 35.8 Å². The average Bonchev–Trinajstić information content (AvgIpc) is 2.39. The molecule has 2 aromatic rings. The molecule has 106 valence electrons. The number of halogens is 2. The fourth-order valence-corrected chi connectivity index (χ4v) is 1.61. The number of rotatable bonds is 2. The zero-order valence-electron chi connectivity index (χ0n) is 10.5. The predicted molar refractivity (Wildman–Crippen MR) is 77.3 cm³/mol. The summed E-state index contributed by atoms with van der Waals surface area (Å²) in [5.74, 6) is -2.41. The number of aromatic carboxylic acids is 2. The van der Waals surface area contributed by atoms with Gasteiger partial charge in [-0.3, -0.25) is 0 Å². The van der Waals surface area contributed by atoms with E-state index in [4.69, 9.17) is 23.2 Å². The van der Waals surface area contributed by atoms with Crippen LogP contribution >= 0.6 is 23.2 Å². The van der Waals surface area contributed by atoms with Gasteiger partial charge in [0.15, 0.2) is 0 Å². The minimum atomic E-state index is -1.21. The first-order valence-corrected chi connectivity index (χ1v) is 6.09. The fraction of sp³-hybridized carbons (Fsp3) is 0. The molecule has 0 saturated carbocycles. The monoisotopic (exact) mass is 430 g/mol. The van der Waals surface area contributed by atoms with Crippen LogP contribution in [0, 0.1) is 0 Å². The average molecular weight is 430 g/mol. The normalized spacial score (nSPS) is 8.86. The molecule has 2 rings (SSSR count). The summed E-state index contributed by atoms with van der Waals surface area (Å²) in [6.07, 6.45) is 0. The standard InChI is InChI=1S/2C7H5ClO2.Sn/c2*8-6-3-1-2-5(4-6)7(9)10;/h2*1-4H,(H,9,10);/q;;+2/p-2. The molecule has 21 heavy (non-hydrogen) atoms. The van der Waals surface area contributed by atoms with Crippen molar-refractivity contribution in [3.63, 3.8) is 0 Å². The number of carbonyl (C=O) groups is 2. The van der Waals surface area contributed by atoms with Crippen molar-refractivity contribution in [2.75, 3.05) is 0 Å². The summed E-state index contributed by atoms with van der Waals surface area (Å²) in [5, 5.41) is 21.2. The second kappa shape index (κ2) is 9.65. The van der Waals surface area contributed by atoms with Crippen molar-refractivity contribution >= 4 is 59.0 Å². The van der Waals surface area contributed by atoms with Crippen LogP contribution < -0.4 is 10.2 Å². The van der Waals surface area contributed by atoms with E-state index in [1.807, 2.05) is 0 Å². The van der Waals surface area contributed by atoms with E-state index in [-0.39, 0.29) is 35.0 Å². The van der Waals surface area contributed by atoms with Crippen LogP contribution in [0.4, 0.5) is 0 Å². The van der Waals surface area contributed by atoms with Gasteiger partial charge in [-0.1, -0.05) is 47.5 Å². The van der Waals surface area contributed by atoms with Crippen LogP contribution in [0.2, 0.25) is 10.0 Å². The molecule has 2 radical (unpaired) electrons. The van der Waals surface area contributed by atoms with Crippen molar-refractivity contribution in [3.8, 4) is 0 Å². The predicted octanol–water partition coefficient (Wildman–Crippen LogP) is 1.03. The molecule has 0 aromatic heterocycles. The van der Waals surface area contributed by atoms with Crippen LogP contribution in [0.15, 0.2) is 48.5 Å². The Morgan fingerprint density at radius 3 is 1.29 bits per heavy atom. The third-order valence-corrected chi connectivity index (χ3v) is 2.59. The first kappa shape index (κ1) is 19.8. The van der Waals surface area contributed by atoms with Crippen LogP contribution in [0.25, 0.3) is 0 Å². The number of benzene rings is 2. The van der Waals surface area contributed by atoms with Crippen molar-refractivity contribution in [2.24, 2.45) is 0 Å². The van der Waals surface area contributed by atoms with Gasteiger partial charge in [-0.2, -0.15) is 0 Å². The molecule has 0 aliphatic carbocycles. The minimum Gasteiger partial charge on any atom is -0.545 e. The first-order valence-electron chi connectivity index (χ1n) is 5.34. The smallest absolute Gasteiger partial charge is 0.545 e. The second-order valence-corrected chi connectivity index (χ2v) is 4.47. The van der Waals surface area contributed by atoms with Crippen molar-refractivity contribution in [1.29, 1.82) is 0 Å². The van der Waals surface area contributed by atoms with Crippen LogP contribution in [0.3, 0.4) is 0 Å². The topological polar surface area (TPSA) is 80.3 Å². The Labute approximate surface area is 148 Å². The molecule has 4 nitrogen and oxygen atoms in total. The van der Waals surface area contributed by atoms with Gasteiger partial charge in [-0.25, -0.2) is 0 Å². The van der Waals surface area contributed by atoms with Crippen LogP contribution in [0.1, 0.15) is 20.7 Å². The molecule has 0 N–H and O–H groups in total. The molecule has 2 aromatic carbocycles. The Morgan fingerprint density at radius 2 is 1.10 bits per heavy atom. The summed E-state index contributed by atoms with van der Waals surface area (Å²) in [7, 11) is 0. The quantitative estimate of drug-likeness (QED) is 0.668. The zero-order valence-corrected chi connectivity index (χ0v) is 14.9. The van der Waals surface area contributed by atoms with Crippen molar-refractivity contribution in [3.05, 3.63) is 69.7 Å². The maximum absolute atomic E-state index is 10.2. The second-order valence-electron chi connectivity index (χ2n) is 3.60. The largest absolute Gasteiger partial charge is 2.00 e. The number of hydrogen-bond donors (Lipinski definition) is 0. The number of carbonyl (C=O) groups excluding carboxylic acids is 2. The molecule has 0 atom stereocenters. The van der Waals surface area contributed by atoms with Crippen molar-refractivity contribution in [1.82, 2.24) is 0 Å². The van der Waals surface area contributed by atoms with E-state index < -0.39 is 11.9 Å². The molecular weight excluding hydrogens is 422 g/mol. The molecule has 0 fully saturated rings. The Hall–Kier alpha value is -1.24. The van der Waals surface area contributed by atoms with E-state index in [1.54, 1.807) is 24.3 Å². The van der Waals surface area contributed by atoms with Gasteiger partial charge in [0.2, 0.25) is 0 Å². The van der Waals surface area contributed by atoms with Gasteiger partial charge in [0.1, 0.15) is 0 Å². The molecule has 0 unspecified atom stereocenters. The molecule has 0 heterocycles. The summed E-state index contributed by atoms with van der Waals surface area (Å²) in [5.41, 5.74) is 0.208. The number of carboxylic acids is 2. The van der Waals surface area contributed by atoms with Crippen LogP contribution in [0.5, 0.6) is 0 Å². The molecule has 0 saturated heterocycles. The van der Waals surface area contributed by atoms with E-state index in [9.17, 15) is 19.8 Å². The summed E-state index contributed by atoms with van der Waals surface area (Å²) < 4.78 is 0. The van der Waals surface area contributed by atoms with E-state index in [0.29, 0.717) is 10.0 Å². The van der Waals surface area contributed by atoms with Gasteiger partial charge in [0.25, 0.3) is 0 Å². The van der Waals surface area contributed by atoms with E-state index in [0.717, 1.165) is 0 Å². The summed E-state index contributed by atoms with van der Waals surface area (Å²) in [6.45, 7) is 0.